The van der Waals surface area contributed by atoms with Crippen molar-refractivity contribution >= 4 is 44.6 Å². The first-order valence-electron chi connectivity index (χ1n) is 10.5. The van der Waals surface area contributed by atoms with Gasteiger partial charge in [-0.1, -0.05) is 58.4 Å². The van der Waals surface area contributed by atoms with E-state index in [0.29, 0.717) is 26.8 Å². The molecule has 5 rings (SSSR count). The number of anilines is 1. The number of carbonyl (C=O) groups excluding carboxylic acids is 2. The summed E-state index contributed by atoms with van der Waals surface area (Å²) in [6.07, 6.45) is 3.22. The number of aliphatic hydroxyl groups excluding tert-OH is 1. The van der Waals surface area contributed by atoms with Crippen molar-refractivity contribution in [2.75, 3.05) is 4.90 Å². The maximum Gasteiger partial charge on any atom is 0.294 e. The fourth-order valence-corrected chi connectivity index (χ4v) is 5.43. The molecule has 0 radical (unpaired) electrons. The minimum Gasteiger partial charge on any atom is -0.503 e. The largest absolute Gasteiger partial charge is 0.503 e. The fourth-order valence-electron chi connectivity index (χ4n) is 4.02. The van der Waals surface area contributed by atoms with E-state index >= 15 is 0 Å². The van der Waals surface area contributed by atoms with Gasteiger partial charge in [-0.15, -0.1) is 11.3 Å². The molecule has 1 N–H and O–H groups in total. The van der Waals surface area contributed by atoms with E-state index in [4.69, 9.17) is 0 Å². The van der Waals surface area contributed by atoms with Crippen molar-refractivity contribution in [2.45, 2.75) is 13.0 Å². The molecule has 0 spiro atoms. The molecule has 1 unspecified atom stereocenters. The van der Waals surface area contributed by atoms with Gasteiger partial charge in [-0.3, -0.25) is 19.5 Å². The number of rotatable bonds is 5. The van der Waals surface area contributed by atoms with Crippen LogP contribution >= 0.6 is 27.3 Å². The molecule has 1 aliphatic rings. The fraction of sp³-hybridized carbons (Fsp3) is 0.0769. The number of carbonyl (C=O) groups is 2. The van der Waals surface area contributed by atoms with Gasteiger partial charge in [0.15, 0.2) is 5.76 Å². The van der Waals surface area contributed by atoms with Gasteiger partial charge in [-0.05, 0) is 36.8 Å². The summed E-state index contributed by atoms with van der Waals surface area (Å²) in [6, 6.07) is 19.5. The van der Waals surface area contributed by atoms with Gasteiger partial charge in [0.25, 0.3) is 5.91 Å². The number of amides is 1. The summed E-state index contributed by atoms with van der Waals surface area (Å²) in [5.74, 6) is -1.62. The zero-order chi connectivity index (χ0) is 23.8. The van der Waals surface area contributed by atoms with E-state index in [-0.39, 0.29) is 5.57 Å². The lowest BCUT2D eigenvalue weighted by Crippen LogP contribution is -2.31. The van der Waals surface area contributed by atoms with E-state index in [1.165, 1.54) is 16.2 Å². The molecule has 1 aliphatic heterocycles. The van der Waals surface area contributed by atoms with Gasteiger partial charge in [0.1, 0.15) is 5.01 Å². The smallest absolute Gasteiger partial charge is 0.294 e. The SMILES string of the molecule is Cc1nc(-c2ccccc2)sc1C(=O)C1=C(O)C(=O)N(c2cccc(Br)c2)C1c1cccnc1. The molecular weight excluding hydrogens is 514 g/mol. The molecule has 1 amide bonds. The Morgan fingerprint density at radius 1 is 1.09 bits per heavy atom. The van der Waals surface area contributed by atoms with Crippen LogP contribution in [0.3, 0.4) is 0 Å². The average molecular weight is 532 g/mol. The topological polar surface area (TPSA) is 83.4 Å². The molecule has 8 heteroatoms. The Kier molecular flexibility index (Phi) is 5.85. The molecule has 0 saturated heterocycles. The molecule has 0 saturated carbocycles. The van der Waals surface area contributed by atoms with E-state index in [9.17, 15) is 14.7 Å². The molecule has 3 heterocycles. The van der Waals surface area contributed by atoms with Crippen molar-refractivity contribution in [3.8, 4) is 10.6 Å². The molecule has 34 heavy (non-hydrogen) atoms. The van der Waals surface area contributed by atoms with E-state index < -0.39 is 23.5 Å². The Labute approximate surface area is 208 Å². The summed E-state index contributed by atoms with van der Waals surface area (Å²) >= 11 is 4.68. The third kappa shape index (κ3) is 3.85. The minimum absolute atomic E-state index is 0.0179. The van der Waals surface area contributed by atoms with Gasteiger partial charge >= 0.3 is 0 Å². The third-order valence-corrected chi connectivity index (χ3v) is 7.26. The number of aromatic nitrogens is 2. The average Bonchev–Trinajstić information content (AvgIpc) is 3.37. The Balaban J connectivity index is 1.63. The Morgan fingerprint density at radius 2 is 1.88 bits per heavy atom. The lowest BCUT2D eigenvalue weighted by molar-refractivity contribution is -0.117. The highest BCUT2D eigenvalue weighted by Crippen LogP contribution is 2.43. The van der Waals surface area contributed by atoms with E-state index in [2.05, 4.69) is 25.9 Å². The standard InChI is InChI=1S/C26H18BrN3O3S/c1-15-24(34-25(29-15)16-7-3-2-4-8-16)22(31)20-21(17-9-6-12-28-14-17)30(26(33)23(20)32)19-11-5-10-18(27)13-19/h2-14,21,32H,1H3. The molecule has 0 fully saturated rings. The third-order valence-electron chi connectivity index (χ3n) is 5.56. The van der Waals surface area contributed by atoms with Crippen LogP contribution in [0.5, 0.6) is 0 Å². The number of benzene rings is 2. The predicted molar refractivity (Wildman–Crippen MR) is 135 cm³/mol. The highest BCUT2D eigenvalue weighted by Gasteiger charge is 2.45. The molecule has 168 valence electrons. The van der Waals surface area contributed by atoms with E-state index in [1.807, 2.05) is 36.4 Å². The van der Waals surface area contributed by atoms with Crippen LogP contribution in [0, 0.1) is 6.92 Å². The van der Waals surface area contributed by atoms with Crippen LogP contribution in [0.1, 0.15) is 27.0 Å². The first-order chi connectivity index (χ1) is 16.5. The van der Waals surface area contributed by atoms with Gasteiger partial charge in [-0.2, -0.15) is 0 Å². The number of Topliss-reactive ketones (excluding diaryl/α,β-unsaturated/α-hetero) is 1. The molecule has 2 aromatic carbocycles. The number of nitrogens with zero attached hydrogens (tertiary/aromatic N) is 3. The zero-order valence-electron chi connectivity index (χ0n) is 18.0. The van der Waals surface area contributed by atoms with Crippen LogP contribution in [0.4, 0.5) is 5.69 Å². The summed E-state index contributed by atoms with van der Waals surface area (Å²) in [5, 5.41) is 11.7. The van der Waals surface area contributed by atoms with Crippen molar-refractivity contribution in [2.24, 2.45) is 0 Å². The molecule has 0 aliphatic carbocycles. The minimum atomic E-state index is -0.829. The van der Waals surface area contributed by atoms with Crippen LogP contribution in [0.15, 0.2) is 94.9 Å². The Hall–Kier alpha value is -3.62. The molecule has 0 bridgehead atoms. The van der Waals surface area contributed by atoms with Gasteiger partial charge in [0.05, 0.1) is 22.2 Å². The maximum absolute atomic E-state index is 13.8. The number of thiazole rings is 1. The number of aryl methyl sites for hydroxylation is 1. The maximum atomic E-state index is 13.8. The van der Waals surface area contributed by atoms with Crippen molar-refractivity contribution in [1.82, 2.24) is 9.97 Å². The van der Waals surface area contributed by atoms with Crippen molar-refractivity contribution in [1.29, 1.82) is 0 Å². The Morgan fingerprint density at radius 3 is 2.59 bits per heavy atom. The number of aliphatic hydroxyl groups is 1. The monoisotopic (exact) mass is 531 g/mol. The molecule has 2 aromatic heterocycles. The van der Waals surface area contributed by atoms with Crippen LogP contribution in [-0.4, -0.2) is 26.8 Å². The number of pyridine rings is 1. The lowest BCUT2D eigenvalue weighted by atomic mass is 9.96. The van der Waals surface area contributed by atoms with Gasteiger partial charge in [-0.25, -0.2) is 4.98 Å². The summed E-state index contributed by atoms with van der Waals surface area (Å²) in [7, 11) is 0. The highest BCUT2D eigenvalue weighted by atomic mass is 79.9. The van der Waals surface area contributed by atoms with E-state index in [0.717, 1.165) is 10.0 Å². The molecule has 1 atom stereocenters. The van der Waals surface area contributed by atoms with Gasteiger partial charge in [0, 0.05) is 28.1 Å². The summed E-state index contributed by atoms with van der Waals surface area (Å²) < 4.78 is 0.771. The number of halogens is 1. The summed E-state index contributed by atoms with van der Waals surface area (Å²) in [5.41, 5.74) is 2.63. The summed E-state index contributed by atoms with van der Waals surface area (Å²) in [4.78, 5) is 37.7. The Bertz CT molecular complexity index is 1430. The number of hydrogen-bond donors (Lipinski definition) is 1. The lowest BCUT2D eigenvalue weighted by Gasteiger charge is -2.26. The normalized spacial score (nSPS) is 15.8. The predicted octanol–water partition coefficient (Wildman–Crippen LogP) is 6.06. The first kappa shape index (κ1) is 22.2. The van der Waals surface area contributed by atoms with Gasteiger partial charge in [0.2, 0.25) is 5.78 Å². The van der Waals surface area contributed by atoms with Crippen LogP contribution < -0.4 is 4.90 Å². The van der Waals surface area contributed by atoms with E-state index in [1.54, 1.807) is 49.6 Å². The highest BCUT2D eigenvalue weighted by molar-refractivity contribution is 9.10. The van der Waals surface area contributed by atoms with Crippen LogP contribution in [0.25, 0.3) is 10.6 Å². The van der Waals surface area contributed by atoms with Crippen molar-refractivity contribution in [3.63, 3.8) is 0 Å². The number of hydrogen-bond acceptors (Lipinski definition) is 6. The van der Waals surface area contributed by atoms with Crippen molar-refractivity contribution < 1.29 is 14.7 Å². The number of ketones is 1. The summed E-state index contributed by atoms with van der Waals surface area (Å²) in [6.45, 7) is 1.76. The molecule has 4 aromatic rings. The molecule has 6 nitrogen and oxygen atoms in total. The quantitative estimate of drug-likeness (QED) is 0.316. The zero-order valence-corrected chi connectivity index (χ0v) is 20.4. The second-order valence-electron chi connectivity index (χ2n) is 7.73. The first-order valence-corrected chi connectivity index (χ1v) is 12.1. The van der Waals surface area contributed by atoms with Crippen LogP contribution in [0.2, 0.25) is 0 Å². The van der Waals surface area contributed by atoms with Crippen molar-refractivity contribution in [3.05, 3.63) is 111 Å². The second kappa shape index (κ2) is 8.96. The van der Waals surface area contributed by atoms with Gasteiger partial charge < -0.3 is 5.11 Å². The van der Waals surface area contributed by atoms with Crippen LogP contribution in [-0.2, 0) is 4.79 Å². The molecular formula is C26H18BrN3O3S. The second-order valence-corrected chi connectivity index (χ2v) is 9.65.